The summed E-state index contributed by atoms with van der Waals surface area (Å²) in [5.41, 5.74) is 0. The van der Waals surface area contributed by atoms with Gasteiger partial charge in [-0.15, -0.1) is 0 Å². The van der Waals surface area contributed by atoms with E-state index in [9.17, 15) is 33.8 Å². The van der Waals surface area contributed by atoms with Crippen LogP contribution in [0.1, 0.15) is 162 Å². The summed E-state index contributed by atoms with van der Waals surface area (Å²) in [6.45, 7) is 1.51. The number of carbonyl (C=O) groups excluding carboxylic acids is 2. The second-order valence-corrected chi connectivity index (χ2v) is 17.5. The smallest absolute Gasteiger partial charge is 0.462 e. The number of aliphatic hydroxyl groups is 2. The molecule has 0 radical (unpaired) electrons. The van der Waals surface area contributed by atoms with Crippen LogP contribution in [0.25, 0.3) is 0 Å². The zero-order valence-electron chi connectivity index (χ0n) is 36.4. The van der Waals surface area contributed by atoms with E-state index in [1.807, 2.05) is 30.4 Å². The number of rotatable bonds is 41. The summed E-state index contributed by atoms with van der Waals surface area (Å²) < 4.78 is 47.7. The van der Waals surface area contributed by atoms with Crippen LogP contribution in [-0.2, 0) is 41.8 Å². The van der Waals surface area contributed by atoms with Gasteiger partial charge in [-0.3, -0.25) is 23.2 Å². The molecule has 0 fully saturated rings. The average Bonchev–Trinajstić information content (AvgIpc) is 3.20. The van der Waals surface area contributed by atoms with Crippen molar-refractivity contribution in [1.82, 2.24) is 0 Å². The third-order valence-corrected chi connectivity index (χ3v) is 10.4. The summed E-state index contributed by atoms with van der Waals surface area (Å²) in [6.07, 6.45) is 38.4. The molecular weight excluding hydrogens is 814 g/mol. The summed E-state index contributed by atoms with van der Waals surface area (Å²) in [7, 11) is -9.71. The van der Waals surface area contributed by atoms with Crippen molar-refractivity contribution < 1.29 is 66.7 Å². The van der Waals surface area contributed by atoms with Gasteiger partial charge in [-0.05, 0) is 70.6 Å². The Balaban J connectivity index is 4.65. The fourth-order valence-electron chi connectivity index (χ4n) is 5.53. The number of hydrogen-bond donors (Lipinski definition) is 5. The second kappa shape index (κ2) is 39.6. The van der Waals surface area contributed by atoms with Gasteiger partial charge in [-0.2, -0.15) is 0 Å². The van der Waals surface area contributed by atoms with E-state index in [0.717, 1.165) is 70.6 Å². The van der Waals surface area contributed by atoms with Crippen molar-refractivity contribution in [2.75, 3.05) is 26.4 Å². The molecule has 0 saturated heterocycles. The van der Waals surface area contributed by atoms with Crippen LogP contribution in [0.15, 0.2) is 60.8 Å². The Morgan fingerprint density at radius 2 is 1.02 bits per heavy atom. The van der Waals surface area contributed by atoms with E-state index in [1.165, 1.54) is 44.9 Å². The number of allylic oxidation sites excluding steroid dienone is 9. The Morgan fingerprint density at radius 3 is 1.63 bits per heavy atom. The van der Waals surface area contributed by atoms with Gasteiger partial charge in [0.25, 0.3) is 0 Å². The van der Waals surface area contributed by atoms with Crippen molar-refractivity contribution in [3.8, 4) is 0 Å². The van der Waals surface area contributed by atoms with Crippen LogP contribution < -0.4 is 0 Å². The van der Waals surface area contributed by atoms with Crippen LogP contribution in [0.4, 0.5) is 0 Å². The van der Waals surface area contributed by atoms with Gasteiger partial charge in [0.15, 0.2) is 6.10 Å². The SMILES string of the molecule is CCCCCC/C=C\CCCCCCCCCC(=O)OC[C@H](COP(=O)(O)OC[C@@H](O)COP(=O)(O)O)OC(=O)CCC/C=C\C/C=C\C/C=C\C/C=C\[C@H](O)CCCC. The van der Waals surface area contributed by atoms with Gasteiger partial charge in [0.05, 0.1) is 25.9 Å². The largest absolute Gasteiger partial charge is 0.472 e. The highest BCUT2D eigenvalue weighted by Crippen LogP contribution is 2.43. The van der Waals surface area contributed by atoms with Crippen molar-refractivity contribution >= 4 is 27.6 Å². The molecule has 4 atom stereocenters. The zero-order chi connectivity index (χ0) is 44.6. The van der Waals surface area contributed by atoms with Crippen LogP contribution in [0.3, 0.4) is 0 Å². The highest BCUT2D eigenvalue weighted by atomic mass is 31.2. The predicted octanol–water partition coefficient (Wildman–Crippen LogP) is 10.2. The van der Waals surface area contributed by atoms with Crippen LogP contribution in [0.5, 0.6) is 0 Å². The Hall–Kier alpha value is -2.22. The first-order chi connectivity index (χ1) is 28.8. The number of aliphatic hydroxyl groups excluding tert-OH is 2. The molecule has 1 unspecified atom stereocenters. The summed E-state index contributed by atoms with van der Waals surface area (Å²) in [5.74, 6) is -1.13. The molecule has 60 heavy (non-hydrogen) atoms. The zero-order valence-corrected chi connectivity index (χ0v) is 38.2. The van der Waals surface area contributed by atoms with Crippen LogP contribution in [0, 0.1) is 0 Å². The molecule has 0 aromatic rings. The lowest BCUT2D eigenvalue weighted by atomic mass is 10.1. The monoisotopic (exact) mass is 892 g/mol. The molecule has 0 bridgehead atoms. The lowest BCUT2D eigenvalue weighted by molar-refractivity contribution is -0.161. The van der Waals surface area contributed by atoms with Gasteiger partial charge in [0, 0.05) is 12.8 Å². The van der Waals surface area contributed by atoms with Crippen molar-refractivity contribution in [3.05, 3.63) is 60.8 Å². The van der Waals surface area contributed by atoms with E-state index in [-0.39, 0.29) is 18.9 Å². The van der Waals surface area contributed by atoms with Crippen molar-refractivity contribution in [3.63, 3.8) is 0 Å². The van der Waals surface area contributed by atoms with E-state index in [0.29, 0.717) is 19.3 Å². The number of phosphoric ester groups is 2. The first-order valence-corrected chi connectivity index (χ1v) is 25.1. The van der Waals surface area contributed by atoms with Crippen LogP contribution in [0.2, 0.25) is 0 Å². The minimum absolute atomic E-state index is 0.0361. The molecule has 0 aliphatic rings. The van der Waals surface area contributed by atoms with E-state index >= 15 is 0 Å². The minimum atomic E-state index is -4.88. The number of carbonyl (C=O) groups is 2. The molecule has 348 valence electrons. The second-order valence-electron chi connectivity index (χ2n) is 14.8. The van der Waals surface area contributed by atoms with Crippen LogP contribution in [-0.4, -0.2) is 81.6 Å². The molecule has 0 aromatic heterocycles. The molecular formula is C44H78O14P2. The van der Waals surface area contributed by atoms with E-state index in [4.69, 9.17) is 23.8 Å². The number of ether oxygens (including phenoxy) is 2. The molecule has 0 amide bonds. The molecule has 14 nitrogen and oxygen atoms in total. The molecule has 0 spiro atoms. The molecule has 0 rings (SSSR count). The Labute approximate surface area is 360 Å². The fourth-order valence-corrected chi connectivity index (χ4v) is 6.69. The third kappa shape index (κ3) is 42.5. The summed E-state index contributed by atoms with van der Waals surface area (Å²) in [5, 5.41) is 19.6. The first kappa shape index (κ1) is 57.8. The molecule has 0 aromatic carbocycles. The lowest BCUT2D eigenvalue weighted by Gasteiger charge is -2.20. The van der Waals surface area contributed by atoms with Gasteiger partial charge in [0.2, 0.25) is 0 Å². The average molecular weight is 893 g/mol. The summed E-state index contributed by atoms with van der Waals surface area (Å²) >= 11 is 0. The highest BCUT2D eigenvalue weighted by Gasteiger charge is 2.28. The maximum absolute atomic E-state index is 12.6. The highest BCUT2D eigenvalue weighted by molar-refractivity contribution is 7.47. The fraction of sp³-hybridized carbons (Fsp3) is 0.727. The standard InChI is InChI=1S/C44H78O14P2/c1-3-5-7-8-9-10-11-12-13-14-18-21-24-27-30-34-43(47)54-38-42(39-57-60(52,53)56-37-41(46)36-55-59(49,50)51)58-44(48)35-31-28-25-22-19-16-15-17-20-23-26-29-33-40(45)32-6-4-2/h10-11,15-16,20,22-23,25,29,33,40-42,45-46H,3-9,12-14,17-19,21,24,26-28,30-32,34-39H2,1-2H3,(H,52,53)(H2,49,50,51)/b11-10-,16-15-,23-20-,25-22-,33-29-/t40-,41+,42-/m1/s1. The minimum Gasteiger partial charge on any atom is -0.462 e. The molecule has 0 saturated carbocycles. The van der Waals surface area contributed by atoms with E-state index in [1.54, 1.807) is 0 Å². The van der Waals surface area contributed by atoms with Crippen molar-refractivity contribution in [2.24, 2.45) is 0 Å². The number of esters is 2. The Bertz CT molecular complexity index is 1310. The van der Waals surface area contributed by atoms with E-state index < -0.39 is 66.2 Å². The molecule has 16 heteroatoms. The number of hydrogen-bond acceptors (Lipinski definition) is 11. The molecule has 0 aliphatic heterocycles. The summed E-state index contributed by atoms with van der Waals surface area (Å²) in [6, 6.07) is 0. The van der Waals surface area contributed by atoms with Crippen LogP contribution >= 0.6 is 15.6 Å². The Morgan fingerprint density at radius 1 is 0.533 bits per heavy atom. The Kier molecular flexibility index (Phi) is 38.1. The molecule has 0 aliphatic carbocycles. The number of unbranched alkanes of at least 4 members (excludes halogenated alkanes) is 13. The number of phosphoric acid groups is 2. The predicted molar refractivity (Wildman–Crippen MR) is 236 cm³/mol. The molecule has 0 heterocycles. The normalized spacial score (nSPS) is 15.1. The van der Waals surface area contributed by atoms with Gasteiger partial charge in [-0.25, -0.2) is 9.13 Å². The van der Waals surface area contributed by atoms with Gasteiger partial charge in [-0.1, -0.05) is 139 Å². The van der Waals surface area contributed by atoms with Gasteiger partial charge < -0.3 is 34.4 Å². The van der Waals surface area contributed by atoms with E-state index in [2.05, 4.69) is 53.3 Å². The third-order valence-electron chi connectivity index (χ3n) is 8.94. The summed E-state index contributed by atoms with van der Waals surface area (Å²) in [4.78, 5) is 52.7. The van der Waals surface area contributed by atoms with Crippen molar-refractivity contribution in [1.29, 1.82) is 0 Å². The van der Waals surface area contributed by atoms with Gasteiger partial charge >= 0.3 is 27.6 Å². The van der Waals surface area contributed by atoms with Crippen molar-refractivity contribution in [2.45, 2.75) is 180 Å². The maximum atomic E-state index is 12.6. The topological polar surface area (TPSA) is 216 Å². The lowest BCUT2D eigenvalue weighted by Crippen LogP contribution is -2.29. The quantitative estimate of drug-likeness (QED) is 0.0167. The molecule has 5 N–H and O–H groups in total. The van der Waals surface area contributed by atoms with Gasteiger partial charge in [0.1, 0.15) is 12.7 Å². The first-order valence-electron chi connectivity index (χ1n) is 22.1. The maximum Gasteiger partial charge on any atom is 0.472 e.